The summed E-state index contributed by atoms with van der Waals surface area (Å²) < 4.78 is 10.7. The summed E-state index contributed by atoms with van der Waals surface area (Å²) in [5.41, 5.74) is 0. The van der Waals surface area contributed by atoms with Crippen LogP contribution in [0.15, 0.2) is 35.1 Å². The molecule has 2 nitrogen and oxygen atoms in total. The van der Waals surface area contributed by atoms with E-state index in [-0.39, 0.29) is 0 Å². The van der Waals surface area contributed by atoms with Crippen molar-refractivity contribution in [2.24, 2.45) is 0 Å². The van der Waals surface area contributed by atoms with Gasteiger partial charge in [0.15, 0.2) is 0 Å². The van der Waals surface area contributed by atoms with Gasteiger partial charge in [0.2, 0.25) is 0 Å². The summed E-state index contributed by atoms with van der Waals surface area (Å²) in [5, 5.41) is 0.753. The molecule has 0 radical (unpaired) electrons. The average molecular weight is 257 g/mol. The largest absolute Gasteiger partial charge is 0.498 e. The smallest absolute Gasteiger partial charge is 0.0997 e. The molecule has 0 heterocycles. The maximum absolute atomic E-state index is 5.88. The van der Waals surface area contributed by atoms with E-state index >= 15 is 0 Å². The number of rotatable bonds is 8. The van der Waals surface area contributed by atoms with E-state index in [9.17, 15) is 0 Å². The highest BCUT2D eigenvalue weighted by atomic mass is 35.5. The summed E-state index contributed by atoms with van der Waals surface area (Å²) in [6.45, 7) is 1.65. The van der Waals surface area contributed by atoms with Gasteiger partial charge in [0, 0.05) is 25.2 Å². The third kappa shape index (κ3) is 7.24. The SMILES string of the molecule is COCCCCCCOC1=CC=C(Cl)C=CC1. The Hall–Kier alpha value is -0.730. The highest BCUT2D eigenvalue weighted by Crippen LogP contribution is 2.15. The number of hydrogen-bond acceptors (Lipinski definition) is 2. The zero-order valence-electron chi connectivity index (χ0n) is 10.5. The lowest BCUT2D eigenvalue weighted by Gasteiger charge is -2.07. The molecule has 0 aromatic heterocycles. The minimum absolute atomic E-state index is 0.753. The Morgan fingerprint density at radius 3 is 2.65 bits per heavy atom. The molecule has 1 aliphatic carbocycles. The Balaban J connectivity index is 2.05. The van der Waals surface area contributed by atoms with Gasteiger partial charge in [-0.15, -0.1) is 0 Å². The molecule has 0 N–H and O–H groups in total. The number of hydrogen-bond donors (Lipinski definition) is 0. The van der Waals surface area contributed by atoms with Crippen molar-refractivity contribution in [1.29, 1.82) is 0 Å². The van der Waals surface area contributed by atoms with E-state index in [1.807, 2.05) is 24.3 Å². The van der Waals surface area contributed by atoms with Crippen molar-refractivity contribution in [3.8, 4) is 0 Å². The Kier molecular flexibility index (Phi) is 7.85. The molecular weight excluding hydrogens is 236 g/mol. The predicted molar refractivity (Wildman–Crippen MR) is 72.1 cm³/mol. The van der Waals surface area contributed by atoms with Gasteiger partial charge in [0.25, 0.3) is 0 Å². The fourth-order valence-electron chi connectivity index (χ4n) is 1.60. The number of methoxy groups -OCH3 is 1. The van der Waals surface area contributed by atoms with Gasteiger partial charge in [-0.2, -0.15) is 0 Å². The lowest BCUT2D eigenvalue weighted by Crippen LogP contribution is -1.95. The topological polar surface area (TPSA) is 18.5 Å². The van der Waals surface area contributed by atoms with Crippen molar-refractivity contribution in [3.05, 3.63) is 35.1 Å². The van der Waals surface area contributed by atoms with Gasteiger partial charge in [-0.3, -0.25) is 0 Å². The predicted octanol–water partition coefficient (Wildman–Crippen LogP) is 4.18. The number of unbranched alkanes of at least 4 members (excludes halogenated alkanes) is 3. The Labute approximate surface area is 109 Å². The van der Waals surface area contributed by atoms with Gasteiger partial charge >= 0.3 is 0 Å². The minimum Gasteiger partial charge on any atom is -0.498 e. The zero-order valence-corrected chi connectivity index (χ0v) is 11.2. The maximum Gasteiger partial charge on any atom is 0.0997 e. The van der Waals surface area contributed by atoms with Crippen LogP contribution in [0.25, 0.3) is 0 Å². The highest BCUT2D eigenvalue weighted by molar-refractivity contribution is 6.31. The average Bonchev–Trinajstić information content (AvgIpc) is 2.53. The molecule has 0 aromatic rings. The van der Waals surface area contributed by atoms with Crippen LogP contribution in [-0.4, -0.2) is 20.3 Å². The first-order valence-electron chi connectivity index (χ1n) is 6.17. The quantitative estimate of drug-likeness (QED) is 0.607. The monoisotopic (exact) mass is 256 g/mol. The third-order valence-corrected chi connectivity index (χ3v) is 2.81. The number of halogens is 1. The Morgan fingerprint density at radius 1 is 1.12 bits per heavy atom. The molecule has 0 amide bonds. The van der Waals surface area contributed by atoms with Crippen molar-refractivity contribution in [3.63, 3.8) is 0 Å². The van der Waals surface area contributed by atoms with Gasteiger partial charge in [0.05, 0.1) is 12.4 Å². The van der Waals surface area contributed by atoms with Crippen LogP contribution < -0.4 is 0 Å². The van der Waals surface area contributed by atoms with Crippen LogP contribution in [0.5, 0.6) is 0 Å². The Bertz CT molecular complexity index is 293. The summed E-state index contributed by atoms with van der Waals surface area (Å²) in [7, 11) is 1.74. The van der Waals surface area contributed by atoms with Gasteiger partial charge in [-0.1, -0.05) is 24.1 Å². The summed E-state index contributed by atoms with van der Waals surface area (Å²) in [5.74, 6) is 0.994. The first kappa shape index (κ1) is 14.3. The Morgan fingerprint density at radius 2 is 1.88 bits per heavy atom. The van der Waals surface area contributed by atoms with Gasteiger partial charge in [-0.25, -0.2) is 0 Å². The van der Waals surface area contributed by atoms with E-state index in [1.54, 1.807) is 7.11 Å². The maximum atomic E-state index is 5.88. The lowest BCUT2D eigenvalue weighted by atomic mass is 10.2. The van der Waals surface area contributed by atoms with E-state index in [0.29, 0.717) is 0 Å². The van der Waals surface area contributed by atoms with Crippen LogP contribution in [-0.2, 0) is 9.47 Å². The van der Waals surface area contributed by atoms with E-state index in [0.717, 1.165) is 43.3 Å². The van der Waals surface area contributed by atoms with Crippen LogP contribution >= 0.6 is 11.6 Å². The number of allylic oxidation sites excluding steroid dienone is 5. The fraction of sp³-hybridized carbons (Fsp3) is 0.571. The van der Waals surface area contributed by atoms with Crippen molar-refractivity contribution in [1.82, 2.24) is 0 Å². The van der Waals surface area contributed by atoms with E-state index < -0.39 is 0 Å². The molecular formula is C14H21ClO2. The molecule has 1 aliphatic rings. The highest BCUT2D eigenvalue weighted by Gasteiger charge is 1.99. The standard InChI is InChI=1S/C14H21ClO2/c1-16-11-4-2-3-5-12-17-14-8-6-7-13(15)9-10-14/h6-7,9-10H,2-5,8,11-12H2,1H3. The third-order valence-electron chi connectivity index (χ3n) is 2.55. The second kappa shape index (κ2) is 9.32. The second-order valence-corrected chi connectivity index (χ2v) is 4.48. The normalized spacial score (nSPS) is 15.2. The zero-order chi connectivity index (χ0) is 12.3. The van der Waals surface area contributed by atoms with Gasteiger partial charge in [-0.05, 0) is 37.5 Å². The summed E-state index contributed by atoms with van der Waals surface area (Å²) in [6.07, 6.45) is 13.2. The van der Waals surface area contributed by atoms with Crippen molar-refractivity contribution >= 4 is 11.6 Å². The first-order valence-corrected chi connectivity index (χ1v) is 6.55. The molecule has 0 atom stereocenters. The fourth-order valence-corrected chi connectivity index (χ4v) is 1.75. The molecule has 0 spiro atoms. The van der Waals surface area contributed by atoms with Crippen LogP contribution in [0.3, 0.4) is 0 Å². The molecule has 0 saturated carbocycles. The molecule has 3 heteroatoms. The second-order valence-electron chi connectivity index (χ2n) is 4.05. The molecule has 0 fully saturated rings. The van der Waals surface area contributed by atoms with Crippen LogP contribution in [0.1, 0.15) is 32.1 Å². The summed E-state index contributed by atoms with van der Waals surface area (Å²) in [6, 6.07) is 0. The molecule has 1 rings (SSSR count). The molecule has 0 saturated heterocycles. The molecule has 0 aromatic carbocycles. The van der Waals surface area contributed by atoms with Crippen LogP contribution in [0.4, 0.5) is 0 Å². The van der Waals surface area contributed by atoms with Crippen LogP contribution in [0.2, 0.25) is 0 Å². The van der Waals surface area contributed by atoms with Gasteiger partial charge in [0.1, 0.15) is 0 Å². The van der Waals surface area contributed by atoms with Crippen molar-refractivity contribution < 1.29 is 9.47 Å². The summed E-state index contributed by atoms with van der Waals surface area (Å²) in [4.78, 5) is 0. The molecule has 17 heavy (non-hydrogen) atoms. The minimum atomic E-state index is 0.753. The molecule has 0 aliphatic heterocycles. The van der Waals surface area contributed by atoms with Gasteiger partial charge < -0.3 is 9.47 Å². The first-order chi connectivity index (χ1) is 8.33. The molecule has 96 valence electrons. The van der Waals surface area contributed by atoms with Crippen molar-refractivity contribution in [2.75, 3.05) is 20.3 Å². The van der Waals surface area contributed by atoms with Crippen LogP contribution in [0, 0.1) is 0 Å². The van der Waals surface area contributed by atoms with E-state index in [4.69, 9.17) is 21.1 Å². The molecule has 0 unspecified atom stereocenters. The lowest BCUT2D eigenvalue weighted by molar-refractivity contribution is 0.184. The number of ether oxygens (including phenoxy) is 2. The van der Waals surface area contributed by atoms with E-state index in [1.165, 1.54) is 12.8 Å². The van der Waals surface area contributed by atoms with Crippen molar-refractivity contribution in [2.45, 2.75) is 32.1 Å². The molecule has 0 bridgehead atoms. The summed E-state index contributed by atoms with van der Waals surface area (Å²) >= 11 is 5.88. The van der Waals surface area contributed by atoms with E-state index in [2.05, 4.69) is 0 Å².